The summed E-state index contributed by atoms with van der Waals surface area (Å²) >= 11 is 0. The molecule has 37 heteroatoms. The Hall–Kier alpha value is -9.10. The van der Waals surface area contributed by atoms with Gasteiger partial charge in [0.15, 0.2) is 25.0 Å². The molecule has 4 aromatic carbocycles. The molecular formula is C68H90N12O25+2. The van der Waals surface area contributed by atoms with E-state index in [-0.39, 0.29) is 29.8 Å². The predicted octanol–water partition coefficient (Wildman–Crippen LogP) is -13.6. The number of aliphatic hydroxyl groups excluding tert-OH is 14. The lowest BCUT2D eigenvalue weighted by atomic mass is 9.92. The smallest absolute Gasteiger partial charge is 0.358 e. The molecule has 10 rings (SSSR count). The Morgan fingerprint density at radius 2 is 1.19 bits per heavy atom. The molecule has 0 saturated carbocycles. The van der Waals surface area contributed by atoms with E-state index in [1.165, 1.54) is 30.5 Å². The van der Waals surface area contributed by atoms with E-state index in [0.717, 1.165) is 15.7 Å². The van der Waals surface area contributed by atoms with E-state index < -0.39 is 234 Å². The first kappa shape index (κ1) is 78.5. The van der Waals surface area contributed by atoms with Gasteiger partial charge in [0.25, 0.3) is 0 Å². The van der Waals surface area contributed by atoms with Gasteiger partial charge in [0.1, 0.15) is 128 Å². The van der Waals surface area contributed by atoms with Crippen LogP contribution in [-0.4, -0.2) is 316 Å². The van der Waals surface area contributed by atoms with E-state index in [1.807, 2.05) is 60.7 Å². The second-order valence-electron chi connectivity index (χ2n) is 26.0. The van der Waals surface area contributed by atoms with Gasteiger partial charge in [-0.3, -0.25) is 51.3 Å². The quantitative estimate of drug-likeness (QED) is 0.0272. The van der Waals surface area contributed by atoms with Crippen molar-refractivity contribution >= 4 is 52.9 Å². The number of aliphatic imine (C=N–C) groups is 1. The van der Waals surface area contributed by atoms with E-state index in [4.69, 9.17) is 39.9 Å². The van der Waals surface area contributed by atoms with E-state index >= 15 is 9.59 Å². The van der Waals surface area contributed by atoms with Crippen LogP contribution in [0, 0.1) is 0 Å². The molecule has 6 aliphatic rings. The van der Waals surface area contributed by atoms with Gasteiger partial charge in [-0.15, -0.1) is 0 Å². The summed E-state index contributed by atoms with van der Waals surface area (Å²) in [5.41, 5.74) is 15.1. The van der Waals surface area contributed by atoms with E-state index in [0.29, 0.717) is 11.1 Å². The van der Waals surface area contributed by atoms with Crippen molar-refractivity contribution in [1.29, 1.82) is 0 Å². The van der Waals surface area contributed by atoms with Crippen molar-refractivity contribution in [2.75, 3.05) is 46.1 Å². The molecule has 0 spiro atoms. The summed E-state index contributed by atoms with van der Waals surface area (Å²) in [4.78, 5) is 69.3. The first-order valence-corrected chi connectivity index (χ1v) is 33.8. The van der Waals surface area contributed by atoms with Gasteiger partial charge < -0.3 is 126 Å². The maximum Gasteiger partial charge on any atom is 0.358 e. The van der Waals surface area contributed by atoms with Crippen molar-refractivity contribution in [3.05, 3.63) is 144 Å². The summed E-state index contributed by atoms with van der Waals surface area (Å²) < 4.78 is 36.5. The highest BCUT2D eigenvalue weighted by atomic mass is 16.7. The van der Waals surface area contributed by atoms with E-state index in [9.17, 15) is 86.2 Å². The van der Waals surface area contributed by atoms with Crippen molar-refractivity contribution in [2.45, 2.75) is 166 Å². The SMILES string of the molecule is C[C@H](c1ccccc1)[C@H]1N=C([O-])C[NH+]=C(O)C(CO)NC(=O)[C@@H]([C@H](O)[C@@H]2CNC(N)=[N+]2[C@@H]2O[C@@H](CO)[C@H](O)[C@H](O)[C@@H]2O)NC(=O)[C@H]([C@H](O)[C@@H]2C[NH+]=C(N)N2)NC(=O)[C@@H](Cc2ccc(O[C@@H]3O[C@H](CO)[C@H](O[C@@H]4O[C@@H](CO)[C@H](OC=C(c5ccccc5)c5ccccc5)[C@H](O)[C@@H]4O)[C@@H](O)[C@H]3O)cc2)NC1=O. The maximum atomic E-state index is 15.2. The average molecular weight is 1480 g/mol. The second kappa shape index (κ2) is 35.3. The molecule has 0 radical (unpaired) electrons. The average Bonchev–Trinajstić information content (AvgIpc) is 1.71. The highest BCUT2D eigenvalue weighted by Crippen LogP contribution is 2.34. The van der Waals surface area contributed by atoms with Crippen LogP contribution >= 0.6 is 0 Å². The number of rotatable bonds is 21. The molecule has 6 heterocycles. The van der Waals surface area contributed by atoms with Crippen LogP contribution in [0.4, 0.5) is 0 Å². The summed E-state index contributed by atoms with van der Waals surface area (Å²) in [5, 5.41) is 185. The molecule has 6 aliphatic heterocycles. The Morgan fingerprint density at radius 1 is 0.629 bits per heavy atom. The molecule has 0 aliphatic carbocycles. The van der Waals surface area contributed by atoms with Gasteiger partial charge in [-0.2, -0.15) is 0 Å². The van der Waals surface area contributed by atoms with Crippen LogP contribution in [0.2, 0.25) is 0 Å². The minimum atomic E-state index is -2.30. The van der Waals surface area contributed by atoms with Crippen LogP contribution in [0.3, 0.4) is 0 Å². The number of nitrogens with zero attached hydrogens (tertiary/aromatic N) is 2. The molecule has 26 N–H and O–H groups in total. The van der Waals surface area contributed by atoms with Gasteiger partial charge in [0.2, 0.25) is 36.1 Å². The number of benzene rings is 4. The molecule has 4 aromatic rings. The molecule has 570 valence electrons. The van der Waals surface area contributed by atoms with Crippen molar-refractivity contribution in [3.8, 4) is 5.75 Å². The zero-order valence-electron chi connectivity index (χ0n) is 56.4. The van der Waals surface area contributed by atoms with Crippen LogP contribution < -0.4 is 63.2 Å². The molecule has 1 unspecified atom stereocenters. The highest BCUT2D eigenvalue weighted by Gasteiger charge is 2.55. The standard InChI is InChI=1S/C68H88N12O25/c1-30(32-11-5-2-6-12-32)45-61(97)74-37(21-31-17-19-35(20-18-31)101-65-56(94)53(91)58(43(28-84)104-65)105-66-55(93)52(90)57(42(27-83)103-66)100-29-36(33-13-7-3-8-14-33)34-15-9-4-10-16-34)60(96)78-46(48(86)38-22-72-67(69)76-38)63(99)79-47(62(98)75-39(25-81)59(95)71-24-44(85)77-45)49(87)40-23-73-68(70)80(40)64-54(92)51(89)50(88)41(26-82)102-64/h2-20,29-30,37-43,45-58,64-66,81-84,86-94H,21-28H2,1H3,(H11,69,70,71,72,73,74,75,76,77,78,79,85,95,96,97,98,99)/p+2/t30-,37-,38+,39?,40+,41+,42+,43-,45-,46+,47-,48-,49-,50+,51+,52-,53+,54+,55+,56-,57+,58+,64-,65-,66+/m1/s1. The number of nitrogens with two attached hydrogens (primary N) is 2. The van der Waals surface area contributed by atoms with Gasteiger partial charge >= 0.3 is 17.8 Å². The number of nitrogens with one attached hydrogen (secondary N) is 8. The number of amides is 4. The fourth-order valence-electron chi connectivity index (χ4n) is 13.1. The minimum absolute atomic E-state index is 0.0668. The lowest BCUT2D eigenvalue weighted by Crippen LogP contribution is -2.80. The first-order valence-electron chi connectivity index (χ1n) is 33.8. The fraction of sp³-hybridized carbons (Fsp3) is 0.500. The third kappa shape index (κ3) is 18.1. The Kier molecular flexibility index (Phi) is 26.4. The maximum absolute atomic E-state index is 15.2. The molecule has 3 fully saturated rings. The summed E-state index contributed by atoms with van der Waals surface area (Å²) in [6, 6.07) is 19.4. The summed E-state index contributed by atoms with van der Waals surface area (Å²) in [6.45, 7) is -3.57. The van der Waals surface area contributed by atoms with Crippen LogP contribution in [0.15, 0.2) is 127 Å². The molecule has 0 aromatic heterocycles. The Balaban J connectivity index is 0.910. The van der Waals surface area contributed by atoms with Gasteiger partial charge in [0, 0.05) is 23.8 Å². The summed E-state index contributed by atoms with van der Waals surface area (Å²) in [7, 11) is 0. The molecule has 0 bridgehead atoms. The third-order valence-electron chi connectivity index (χ3n) is 19.1. The Bertz CT molecular complexity index is 3710. The Labute approximate surface area is 599 Å². The van der Waals surface area contributed by atoms with Crippen molar-refractivity contribution in [1.82, 2.24) is 31.9 Å². The molecular weight excluding hydrogens is 1380 g/mol. The van der Waals surface area contributed by atoms with Crippen LogP contribution in [0.1, 0.15) is 35.1 Å². The number of hydrogen-bond acceptors (Lipinski definition) is 29. The number of aliphatic hydroxyl groups is 14. The van der Waals surface area contributed by atoms with Crippen LogP contribution in [0.5, 0.6) is 5.75 Å². The van der Waals surface area contributed by atoms with Gasteiger partial charge in [0.05, 0.1) is 39.2 Å². The molecule has 25 atom stereocenters. The zero-order valence-corrected chi connectivity index (χ0v) is 56.4. The zero-order chi connectivity index (χ0) is 75.5. The Morgan fingerprint density at radius 3 is 1.80 bits per heavy atom. The van der Waals surface area contributed by atoms with Crippen LogP contribution in [-0.2, 0) is 49.3 Å². The molecule has 4 amide bonds. The van der Waals surface area contributed by atoms with Crippen molar-refractivity contribution in [3.63, 3.8) is 0 Å². The largest absolute Gasteiger partial charge is 0.858 e. The first-order chi connectivity index (χ1) is 50.3. The van der Waals surface area contributed by atoms with Crippen LogP contribution in [0.25, 0.3) is 5.57 Å². The van der Waals surface area contributed by atoms with Crippen molar-refractivity contribution < 1.29 is 139 Å². The number of carbonyl (C=O) groups is 4. The summed E-state index contributed by atoms with van der Waals surface area (Å²) in [5.74, 6) is -8.55. The normalized spacial score (nSPS) is 33.9. The monoisotopic (exact) mass is 1470 g/mol. The molecule has 105 heavy (non-hydrogen) atoms. The molecule has 3 saturated heterocycles. The van der Waals surface area contributed by atoms with Crippen molar-refractivity contribution in [2.24, 2.45) is 16.5 Å². The lowest BCUT2D eigenvalue weighted by molar-refractivity contribution is -0.663. The van der Waals surface area contributed by atoms with E-state index in [2.05, 4.69) is 46.9 Å². The summed E-state index contributed by atoms with van der Waals surface area (Å²) in [6.07, 6.45) is -29.7. The van der Waals surface area contributed by atoms with Gasteiger partial charge in [-0.25, -0.2) is 9.57 Å². The fourth-order valence-corrected chi connectivity index (χ4v) is 13.1. The topological polar surface area (TPSA) is 597 Å². The van der Waals surface area contributed by atoms with Gasteiger partial charge in [-0.1, -0.05) is 110 Å². The van der Waals surface area contributed by atoms with Gasteiger partial charge in [-0.05, 0) is 34.4 Å². The predicted molar refractivity (Wildman–Crippen MR) is 359 cm³/mol. The number of guanidine groups is 2. The lowest BCUT2D eigenvalue weighted by Gasteiger charge is -2.46. The van der Waals surface area contributed by atoms with E-state index in [1.54, 1.807) is 37.3 Å². The minimum Gasteiger partial charge on any atom is -0.858 e. The number of hydrogen-bond donors (Lipinski definition) is 24. The highest BCUT2D eigenvalue weighted by molar-refractivity contribution is 5.97. The number of ether oxygens (including phenoxy) is 6. The molecule has 37 nitrogen and oxygen atoms in total. The third-order valence-corrected chi connectivity index (χ3v) is 19.1. The second-order valence-corrected chi connectivity index (χ2v) is 26.0. The number of carbonyl (C=O) groups excluding carboxylic acids is 4.